The summed E-state index contributed by atoms with van der Waals surface area (Å²) in [6, 6.07) is 2.25. The van der Waals surface area contributed by atoms with Gasteiger partial charge in [-0.3, -0.25) is 0 Å². The predicted molar refractivity (Wildman–Crippen MR) is 73.9 cm³/mol. The fraction of sp³-hybridized carbons (Fsp3) is 0.929. The average Bonchev–Trinajstić information content (AvgIpc) is 2.36. The van der Waals surface area contributed by atoms with Crippen LogP contribution in [0.5, 0.6) is 0 Å². The molecule has 0 heterocycles. The van der Waals surface area contributed by atoms with Crippen molar-refractivity contribution in [2.24, 2.45) is 5.41 Å². The van der Waals surface area contributed by atoms with Crippen molar-refractivity contribution in [3.8, 4) is 6.07 Å². The number of hydrogen-bond acceptors (Lipinski definition) is 3. The van der Waals surface area contributed by atoms with Crippen LogP contribution >= 0.6 is 0 Å². The van der Waals surface area contributed by atoms with Crippen LogP contribution in [-0.4, -0.2) is 19.4 Å². The molecule has 18 heavy (non-hydrogen) atoms. The molecule has 1 saturated carbocycles. The number of rotatable bonds is 6. The summed E-state index contributed by atoms with van der Waals surface area (Å²) >= 11 is 0. The molecule has 0 aromatic rings. The molecule has 0 spiro atoms. The molecule has 0 bridgehead atoms. The van der Waals surface area contributed by atoms with Crippen LogP contribution < -0.4 is 0 Å². The van der Waals surface area contributed by atoms with Gasteiger partial charge in [0.05, 0.1) is 22.5 Å². The summed E-state index contributed by atoms with van der Waals surface area (Å²) in [5, 5.41) is 8.80. The second kappa shape index (κ2) is 6.56. The van der Waals surface area contributed by atoms with Crippen LogP contribution in [0.4, 0.5) is 0 Å². The van der Waals surface area contributed by atoms with E-state index < -0.39 is 9.84 Å². The topological polar surface area (TPSA) is 57.9 Å². The number of unbranched alkanes of at least 4 members (excludes halogenated alkanes) is 1. The molecule has 0 aromatic carbocycles. The van der Waals surface area contributed by atoms with Gasteiger partial charge in [-0.25, -0.2) is 8.42 Å². The van der Waals surface area contributed by atoms with Crippen LogP contribution in [-0.2, 0) is 9.84 Å². The Morgan fingerprint density at radius 1 is 1.17 bits per heavy atom. The molecular weight excluding hydrogens is 246 g/mol. The quantitative estimate of drug-likeness (QED) is 0.695. The van der Waals surface area contributed by atoms with Crippen LogP contribution in [0.1, 0.15) is 65.2 Å². The second-order valence-corrected chi connectivity index (χ2v) is 8.48. The van der Waals surface area contributed by atoms with E-state index in [2.05, 4.69) is 6.07 Å². The molecule has 0 radical (unpaired) electrons. The van der Waals surface area contributed by atoms with Crippen molar-refractivity contribution in [2.45, 2.75) is 70.5 Å². The summed E-state index contributed by atoms with van der Waals surface area (Å²) < 4.78 is 24.2. The minimum atomic E-state index is -2.89. The van der Waals surface area contributed by atoms with Gasteiger partial charge in [0, 0.05) is 0 Å². The van der Waals surface area contributed by atoms with Gasteiger partial charge in [0.2, 0.25) is 0 Å². The maximum absolute atomic E-state index is 12.1. The van der Waals surface area contributed by atoms with Crippen LogP contribution in [0.3, 0.4) is 0 Å². The first kappa shape index (κ1) is 15.5. The van der Waals surface area contributed by atoms with Gasteiger partial charge in [0.25, 0.3) is 0 Å². The lowest BCUT2D eigenvalue weighted by Gasteiger charge is -2.22. The monoisotopic (exact) mass is 271 g/mol. The highest BCUT2D eigenvalue weighted by molar-refractivity contribution is 7.92. The minimum absolute atomic E-state index is 0.0878. The number of nitriles is 1. The molecule has 0 unspecified atom stereocenters. The molecule has 0 aromatic heterocycles. The molecule has 0 atom stereocenters. The van der Waals surface area contributed by atoms with Gasteiger partial charge >= 0.3 is 0 Å². The van der Waals surface area contributed by atoms with Crippen molar-refractivity contribution >= 4 is 9.84 Å². The Morgan fingerprint density at radius 2 is 1.78 bits per heavy atom. The summed E-state index contributed by atoms with van der Waals surface area (Å²) in [5.74, 6) is 0.305. The van der Waals surface area contributed by atoms with Crippen molar-refractivity contribution in [1.82, 2.24) is 0 Å². The van der Waals surface area contributed by atoms with Crippen molar-refractivity contribution in [1.29, 1.82) is 5.26 Å². The average molecular weight is 271 g/mol. The fourth-order valence-corrected chi connectivity index (χ4v) is 4.51. The number of nitrogens with zero attached hydrogens (tertiary/aromatic N) is 1. The highest BCUT2D eigenvalue weighted by Gasteiger charge is 2.26. The molecule has 1 aliphatic rings. The van der Waals surface area contributed by atoms with Crippen LogP contribution in [0, 0.1) is 16.7 Å². The highest BCUT2D eigenvalue weighted by atomic mass is 32.2. The van der Waals surface area contributed by atoms with E-state index in [1.165, 1.54) is 6.42 Å². The van der Waals surface area contributed by atoms with E-state index >= 15 is 0 Å². The van der Waals surface area contributed by atoms with Crippen molar-refractivity contribution in [2.75, 3.05) is 5.75 Å². The zero-order valence-corrected chi connectivity index (χ0v) is 12.4. The van der Waals surface area contributed by atoms with Gasteiger partial charge in [0.1, 0.15) is 0 Å². The molecular formula is C14H25NO2S. The number of sulfone groups is 1. The van der Waals surface area contributed by atoms with E-state index in [-0.39, 0.29) is 10.7 Å². The van der Waals surface area contributed by atoms with Crippen LogP contribution in [0.2, 0.25) is 0 Å². The Labute approximate surface area is 111 Å². The van der Waals surface area contributed by atoms with Crippen molar-refractivity contribution < 1.29 is 8.42 Å². The third-order valence-electron chi connectivity index (χ3n) is 3.84. The smallest absolute Gasteiger partial charge is 0.153 e. The Hall–Kier alpha value is -0.560. The first-order valence-corrected chi connectivity index (χ1v) is 8.72. The van der Waals surface area contributed by atoms with Gasteiger partial charge in [-0.1, -0.05) is 25.7 Å². The molecule has 1 aliphatic carbocycles. The Bertz CT molecular complexity index is 387. The van der Waals surface area contributed by atoms with Crippen molar-refractivity contribution in [3.05, 3.63) is 0 Å². The molecule has 4 heteroatoms. The molecule has 3 nitrogen and oxygen atoms in total. The second-order valence-electron chi connectivity index (χ2n) is 6.08. The summed E-state index contributed by atoms with van der Waals surface area (Å²) in [6.45, 7) is 3.81. The maximum Gasteiger partial charge on any atom is 0.153 e. The lowest BCUT2D eigenvalue weighted by molar-refractivity contribution is 0.430. The normalized spacial score (nSPS) is 18.5. The van der Waals surface area contributed by atoms with E-state index in [0.717, 1.165) is 38.5 Å². The van der Waals surface area contributed by atoms with Gasteiger partial charge in [0.15, 0.2) is 9.84 Å². The first-order chi connectivity index (χ1) is 8.37. The third-order valence-corrected chi connectivity index (χ3v) is 6.19. The van der Waals surface area contributed by atoms with Crippen molar-refractivity contribution in [3.63, 3.8) is 0 Å². The summed E-state index contributed by atoms with van der Waals surface area (Å²) in [5.41, 5.74) is -0.325. The molecule has 0 aliphatic heterocycles. The van der Waals surface area contributed by atoms with E-state index in [0.29, 0.717) is 12.2 Å². The lowest BCUT2D eigenvalue weighted by Crippen LogP contribution is -2.26. The Morgan fingerprint density at radius 3 is 2.33 bits per heavy atom. The van der Waals surface area contributed by atoms with E-state index in [4.69, 9.17) is 5.26 Å². The van der Waals surface area contributed by atoms with Crippen LogP contribution in [0.15, 0.2) is 0 Å². The van der Waals surface area contributed by atoms with E-state index in [1.807, 2.05) is 13.8 Å². The molecule has 1 fully saturated rings. The van der Waals surface area contributed by atoms with Gasteiger partial charge in [-0.2, -0.15) is 5.26 Å². The summed E-state index contributed by atoms with van der Waals surface area (Å²) in [6.07, 6.45) is 7.32. The third kappa shape index (κ3) is 4.97. The van der Waals surface area contributed by atoms with Crippen LogP contribution in [0.25, 0.3) is 0 Å². The van der Waals surface area contributed by atoms with Gasteiger partial charge < -0.3 is 0 Å². The lowest BCUT2D eigenvalue weighted by atomic mass is 9.89. The van der Waals surface area contributed by atoms with E-state index in [1.54, 1.807) is 0 Å². The Kier molecular flexibility index (Phi) is 5.65. The number of hydrogen-bond donors (Lipinski definition) is 0. The van der Waals surface area contributed by atoms with Gasteiger partial charge in [-0.15, -0.1) is 0 Å². The summed E-state index contributed by atoms with van der Waals surface area (Å²) in [7, 11) is -2.89. The van der Waals surface area contributed by atoms with Gasteiger partial charge in [-0.05, 0) is 39.5 Å². The van der Waals surface area contributed by atoms with E-state index in [9.17, 15) is 8.42 Å². The predicted octanol–water partition coefficient (Wildman–Crippen LogP) is 3.45. The molecule has 0 amide bonds. The molecule has 0 N–H and O–H groups in total. The zero-order chi connectivity index (χ0) is 13.6. The Balaban J connectivity index is 2.32. The minimum Gasteiger partial charge on any atom is -0.229 e. The first-order valence-electron chi connectivity index (χ1n) is 7.00. The molecule has 1 rings (SSSR count). The highest BCUT2D eigenvalue weighted by Crippen LogP contribution is 2.26. The summed E-state index contributed by atoms with van der Waals surface area (Å²) in [4.78, 5) is 0. The maximum atomic E-state index is 12.1. The largest absolute Gasteiger partial charge is 0.229 e. The zero-order valence-electron chi connectivity index (χ0n) is 11.6. The molecule has 104 valence electrons. The molecule has 0 saturated heterocycles. The fourth-order valence-electron chi connectivity index (χ4n) is 2.52. The standard InChI is InChI=1S/C14H25NO2S/c1-14(2,12-15)10-6-7-11-18(16,17)13-8-4-3-5-9-13/h13H,3-11H2,1-2H3. The SMILES string of the molecule is CC(C)(C#N)CCCCS(=O)(=O)C1CCCCC1.